The number of carboxylic acid groups (broad SMARTS) is 3. The van der Waals surface area contributed by atoms with E-state index in [1.165, 1.54) is 10.2 Å². The molecule has 22 heteroatoms. The van der Waals surface area contributed by atoms with Crippen molar-refractivity contribution in [3.63, 3.8) is 0 Å². The minimum atomic E-state index is -5.08. The highest BCUT2D eigenvalue weighted by atomic mass is 32.2. The average Bonchev–Trinajstić information content (AvgIpc) is 3.40. The van der Waals surface area contributed by atoms with Gasteiger partial charge in [0.05, 0.1) is 5.52 Å². The van der Waals surface area contributed by atoms with Crippen LogP contribution < -0.4 is 5.32 Å². The molecule has 4 rings (SSSR count). The number of benzene rings is 1. The lowest BCUT2D eigenvalue weighted by atomic mass is 10.1. The molecule has 256 valence electrons. The number of pyridine rings is 1. The van der Waals surface area contributed by atoms with Crippen molar-refractivity contribution in [1.82, 2.24) is 19.2 Å². The fraction of sp³-hybridized carbons (Fsp3) is 0.333. The molecule has 1 aliphatic heterocycles. The van der Waals surface area contributed by atoms with E-state index in [9.17, 15) is 47.9 Å². The number of rotatable bonds is 4. The zero-order chi connectivity index (χ0) is 35.5. The van der Waals surface area contributed by atoms with Crippen molar-refractivity contribution in [3.05, 3.63) is 60.6 Å². The molecule has 1 aliphatic rings. The summed E-state index contributed by atoms with van der Waals surface area (Å²) in [5, 5.41) is 25.7. The number of aromatic nitrogens is 2. The number of fused-ring (bicyclic) bond motifs is 1. The van der Waals surface area contributed by atoms with Crippen molar-refractivity contribution in [2.45, 2.75) is 30.0 Å². The van der Waals surface area contributed by atoms with Crippen LogP contribution in [0.3, 0.4) is 0 Å². The van der Waals surface area contributed by atoms with Gasteiger partial charge in [0.15, 0.2) is 0 Å². The van der Waals surface area contributed by atoms with Crippen molar-refractivity contribution >= 4 is 38.8 Å². The molecule has 0 spiro atoms. The first-order chi connectivity index (χ1) is 21.0. The van der Waals surface area contributed by atoms with Crippen molar-refractivity contribution < 1.29 is 77.6 Å². The fourth-order valence-corrected chi connectivity index (χ4v) is 4.59. The van der Waals surface area contributed by atoms with E-state index in [1.807, 2.05) is 18.2 Å². The second-order valence-corrected chi connectivity index (χ2v) is 10.4. The number of piperazine rings is 1. The molecule has 1 aromatic carbocycles. The summed E-state index contributed by atoms with van der Waals surface area (Å²) in [5.74, 6) is -8.27. The molecule has 0 radical (unpaired) electrons. The van der Waals surface area contributed by atoms with Gasteiger partial charge in [0.1, 0.15) is 4.90 Å². The molecule has 12 nitrogen and oxygen atoms in total. The van der Waals surface area contributed by atoms with Crippen LogP contribution in [-0.2, 0) is 31.0 Å². The molecular weight excluding hydrogens is 675 g/mol. The summed E-state index contributed by atoms with van der Waals surface area (Å²) < 4.78 is 122. The lowest BCUT2D eigenvalue weighted by Crippen LogP contribution is -2.42. The highest BCUT2D eigenvalue weighted by Crippen LogP contribution is 2.25. The number of hydrogen-bond donors (Lipinski definition) is 4. The number of nitrogens with one attached hydrogen (secondary N) is 1. The molecule has 0 atom stereocenters. The third-order valence-corrected chi connectivity index (χ3v) is 6.98. The molecule has 0 unspecified atom stereocenters. The standard InChI is InChI=1S/C18H20N4O2S.3C2HF3O2/c23-25(24,16-4-2-7-20-13-16)22-10-6-17-15(3-1-5-18(17)22)14-21-11-8-19-9-12-21;3*3-2(4,5)1(6)7/h1-7,10,13,19H,8-9,11-12,14H2;3*(H,6,7). The van der Waals surface area contributed by atoms with Gasteiger partial charge in [-0.15, -0.1) is 0 Å². The summed E-state index contributed by atoms with van der Waals surface area (Å²) in [6.07, 6.45) is -10.7. The summed E-state index contributed by atoms with van der Waals surface area (Å²) in [6.45, 7) is 4.82. The Hall–Kier alpha value is -4.44. The zero-order valence-electron chi connectivity index (χ0n) is 22.8. The van der Waals surface area contributed by atoms with Crippen LogP contribution in [0.1, 0.15) is 5.56 Å². The maximum absolute atomic E-state index is 12.9. The molecule has 3 heterocycles. The Bertz CT molecular complexity index is 1510. The number of halogens is 9. The Morgan fingerprint density at radius 3 is 1.67 bits per heavy atom. The minimum Gasteiger partial charge on any atom is -0.475 e. The van der Waals surface area contributed by atoms with E-state index in [-0.39, 0.29) is 4.90 Å². The van der Waals surface area contributed by atoms with Gasteiger partial charge < -0.3 is 20.6 Å². The van der Waals surface area contributed by atoms with Crippen LogP contribution in [0.5, 0.6) is 0 Å². The van der Waals surface area contributed by atoms with Crippen LogP contribution in [0, 0.1) is 0 Å². The molecule has 2 aromatic heterocycles. The molecule has 1 fully saturated rings. The van der Waals surface area contributed by atoms with Crippen molar-refractivity contribution in [2.24, 2.45) is 0 Å². The predicted octanol–water partition coefficient (Wildman–Crippen LogP) is 3.58. The number of alkyl halides is 9. The number of nitrogens with zero attached hydrogens (tertiary/aromatic N) is 3. The number of hydrogen-bond acceptors (Lipinski definition) is 8. The zero-order valence-corrected chi connectivity index (χ0v) is 23.6. The van der Waals surface area contributed by atoms with Crippen LogP contribution in [0.2, 0.25) is 0 Å². The summed E-state index contributed by atoms with van der Waals surface area (Å²) in [6, 6.07) is 10.9. The highest BCUT2D eigenvalue weighted by Gasteiger charge is 2.39. The largest absolute Gasteiger partial charge is 0.490 e. The first-order valence-electron chi connectivity index (χ1n) is 12.1. The van der Waals surface area contributed by atoms with Crippen molar-refractivity contribution in [1.29, 1.82) is 0 Å². The molecule has 1 saturated heterocycles. The summed E-state index contributed by atoms with van der Waals surface area (Å²) in [4.78, 5) is 33.2. The first kappa shape index (κ1) is 39.6. The highest BCUT2D eigenvalue weighted by molar-refractivity contribution is 7.90. The number of aliphatic carboxylic acids is 3. The third-order valence-electron chi connectivity index (χ3n) is 5.31. The molecule has 0 aliphatic carbocycles. The third kappa shape index (κ3) is 12.5. The van der Waals surface area contributed by atoms with Crippen molar-refractivity contribution in [3.8, 4) is 0 Å². The lowest BCUT2D eigenvalue weighted by Gasteiger charge is -2.27. The topological polar surface area (TPSA) is 179 Å². The smallest absolute Gasteiger partial charge is 0.475 e. The summed E-state index contributed by atoms with van der Waals surface area (Å²) >= 11 is 0. The predicted molar refractivity (Wildman–Crippen MR) is 138 cm³/mol. The van der Waals surface area contributed by atoms with Crippen LogP contribution in [-0.4, -0.2) is 100 Å². The fourth-order valence-electron chi connectivity index (χ4n) is 3.28. The van der Waals surface area contributed by atoms with Gasteiger partial charge >= 0.3 is 36.4 Å². The van der Waals surface area contributed by atoms with Gasteiger partial charge in [-0.3, -0.25) is 9.88 Å². The van der Waals surface area contributed by atoms with Gasteiger partial charge in [0.25, 0.3) is 10.0 Å². The molecule has 0 saturated carbocycles. The van der Waals surface area contributed by atoms with Gasteiger partial charge in [-0.2, -0.15) is 39.5 Å². The Morgan fingerprint density at radius 2 is 1.26 bits per heavy atom. The Labute approximate surface area is 252 Å². The molecular formula is C24H23F9N4O8S. The van der Waals surface area contributed by atoms with Crippen LogP contribution in [0.4, 0.5) is 39.5 Å². The maximum atomic E-state index is 12.9. The van der Waals surface area contributed by atoms with E-state index in [0.717, 1.165) is 43.7 Å². The second kappa shape index (κ2) is 16.2. The van der Waals surface area contributed by atoms with E-state index in [1.54, 1.807) is 24.5 Å². The van der Waals surface area contributed by atoms with E-state index < -0.39 is 46.5 Å². The van der Waals surface area contributed by atoms with E-state index in [4.69, 9.17) is 29.7 Å². The molecule has 3 aromatic rings. The van der Waals surface area contributed by atoms with Crippen LogP contribution in [0.15, 0.2) is 59.9 Å². The van der Waals surface area contributed by atoms with Gasteiger partial charge in [-0.1, -0.05) is 12.1 Å². The van der Waals surface area contributed by atoms with Gasteiger partial charge in [-0.25, -0.2) is 26.8 Å². The quantitative estimate of drug-likeness (QED) is 0.293. The Morgan fingerprint density at radius 1 is 0.783 bits per heavy atom. The van der Waals surface area contributed by atoms with Crippen molar-refractivity contribution in [2.75, 3.05) is 26.2 Å². The van der Waals surface area contributed by atoms with Gasteiger partial charge in [0, 0.05) is 56.7 Å². The van der Waals surface area contributed by atoms with Gasteiger partial charge in [0.2, 0.25) is 0 Å². The molecule has 4 N–H and O–H groups in total. The molecule has 46 heavy (non-hydrogen) atoms. The second-order valence-electron chi connectivity index (χ2n) is 8.59. The monoisotopic (exact) mass is 698 g/mol. The minimum absolute atomic E-state index is 0.194. The Balaban J connectivity index is 0.000000413. The number of carbonyl (C=O) groups is 3. The molecule has 0 bridgehead atoms. The van der Waals surface area contributed by atoms with E-state index in [2.05, 4.69) is 21.3 Å². The van der Waals surface area contributed by atoms with Gasteiger partial charge in [-0.05, 0) is 29.8 Å². The Kier molecular flexibility index (Phi) is 14.0. The SMILES string of the molecule is O=C(O)C(F)(F)F.O=C(O)C(F)(F)F.O=C(O)C(F)(F)F.O=S(=O)(c1cccnc1)n1ccc2c(CN3CCNCC3)cccc21. The first-order valence-corrected chi connectivity index (χ1v) is 13.5. The lowest BCUT2D eigenvalue weighted by molar-refractivity contribution is -0.193. The summed E-state index contributed by atoms with van der Waals surface area (Å²) in [5.41, 5.74) is 1.86. The van der Waals surface area contributed by atoms with E-state index in [0.29, 0.717) is 5.52 Å². The summed E-state index contributed by atoms with van der Waals surface area (Å²) in [7, 11) is -3.64. The number of carboxylic acids is 3. The average molecular weight is 699 g/mol. The van der Waals surface area contributed by atoms with Crippen LogP contribution in [0.25, 0.3) is 10.9 Å². The van der Waals surface area contributed by atoms with E-state index >= 15 is 0 Å². The molecule has 0 amide bonds. The van der Waals surface area contributed by atoms with Crippen LogP contribution >= 0.6 is 0 Å². The maximum Gasteiger partial charge on any atom is 0.490 e. The normalized spacial score (nSPS) is 14.0.